The highest BCUT2D eigenvalue weighted by Gasteiger charge is 2.61. The van der Waals surface area contributed by atoms with Crippen molar-refractivity contribution in [2.24, 2.45) is 11.8 Å². The summed E-state index contributed by atoms with van der Waals surface area (Å²) in [4.78, 5) is 14.6. The van der Waals surface area contributed by atoms with Crippen molar-refractivity contribution in [3.8, 4) is 0 Å². The number of rotatable bonds is 5. The monoisotopic (exact) mass is 287 g/mol. The molecule has 3 rings (SSSR count). The first-order valence-electron chi connectivity index (χ1n) is 7.91. The Morgan fingerprint density at radius 3 is 3.00 bits per heavy atom. The van der Waals surface area contributed by atoms with E-state index in [9.17, 15) is 4.79 Å². The maximum Gasteiger partial charge on any atom is 0.226 e. The van der Waals surface area contributed by atoms with E-state index in [2.05, 4.69) is 31.2 Å². The molecule has 0 N–H and O–H groups in total. The molecule has 1 fully saturated rings. The van der Waals surface area contributed by atoms with Crippen molar-refractivity contribution in [2.75, 3.05) is 27.3 Å². The number of benzene rings is 1. The Morgan fingerprint density at radius 1 is 1.48 bits per heavy atom. The molecule has 21 heavy (non-hydrogen) atoms. The second-order valence-corrected chi connectivity index (χ2v) is 6.85. The van der Waals surface area contributed by atoms with Crippen LogP contribution in [0.15, 0.2) is 24.3 Å². The highest BCUT2D eigenvalue weighted by Crippen LogP contribution is 2.61. The molecular formula is C18H25NO2. The fraction of sp³-hybridized carbons (Fsp3) is 0.611. The summed E-state index contributed by atoms with van der Waals surface area (Å²) in [6.07, 6.45) is 3.31. The summed E-state index contributed by atoms with van der Waals surface area (Å²) in [5.74, 6) is 0.894. The van der Waals surface area contributed by atoms with E-state index in [1.165, 1.54) is 11.1 Å². The van der Waals surface area contributed by atoms with Gasteiger partial charge >= 0.3 is 0 Å². The van der Waals surface area contributed by atoms with Gasteiger partial charge in [0.15, 0.2) is 0 Å². The number of amides is 1. The maximum absolute atomic E-state index is 12.7. The zero-order chi connectivity index (χ0) is 15.0. The molecule has 1 amide bonds. The van der Waals surface area contributed by atoms with E-state index in [1.807, 2.05) is 11.9 Å². The van der Waals surface area contributed by atoms with Crippen LogP contribution in [0, 0.1) is 11.8 Å². The number of nitrogens with zero attached hydrogens (tertiary/aromatic N) is 1. The first-order valence-corrected chi connectivity index (χ1v) is 7.91. The fourth-order valence-electron chi connectivity index (χ4n) is 4.08. The number of hydrogen-bond acceptors (Lipinski definition) is 2. The van der Waals surface area contributed by atoms with E-state index in [-0.39, 0.29) is 11.3 Å². The number of carbonyl (C=O) groups is 1. The van der Waals surface area contributed by atoms with Gasteiger partial charge in [0, 0.05) is 32.0 Å². The summed E-state index contributed by atoms with van der Waals surface area (Å²) >= 11 is 0. The third-order valence-corrected chi connectivity index (χ3v) is 5.18. The lowest BCUT2D eigenvalue weighted by atomic mass is 9.95. The maximum atomic E-state index is 12.7. The van der Waals surface area contributed by atoms with Gasteiger partial charge < -0.3 is 9.64 Å². The van der Waals surface area contributed by atoms with Gasteiger partial charge in [0.2, 0.25) is 5.91 Å². The predicted molar refractivity (Wildman–Crippen MR) is 83.2 cm³/mol. The number of methoxy groups -OCH3 is 1. The minimum atomic E-state index is 0.159. The lowest BCUT2D eigenvalue weighted by Crippen LogP contribution is -2.35. The summed E-state index contributed by atoms with van der Waals surface area (Å²) in [6, 6.07) is 8.66. The Labute approximate surface area is 127 Å². The summed E-state index contributed by atoms with van der Waals surface area (Å²) in [7, 11) is 3.64. The van der Waals surface area contributed by atoms with Crippen molar-refractivity contribution in [1.82, 2.24) is 4.90 Å². The number of hydrogen-bond donors (Lipinski definition) is 0. The standard InChI is InChI=1S/C18H25NO2/c1-13(12-21-3)11-19(2)17(20)16-10-18(16)9-8-14-6-4-5-7-15(14)18/h4-7,13,16H,8-12H2,1-3H3/t13-,16-,18+/m1/s1. The van der Waals surface area contributed by atoms with Crippen LogP contribution in [0.25, 0.3) is 0 Å². The minimum absolute atomic E-state index is 0.159. The molecule has 1 aromatic rings. The van der Waals surface area contributed by atoms with Crippen LogP contribution in [0.4, 0.5) is 0 Å². The zero-order valence-corrected chi connectivity index (χ0v) is 13.3. The van der Waals surface area contributed by atoms with Gasteiger partial charge in [0.1, 0.15) is 0 Å². The summed E-state index contributed by atoms with van der Waals surface area (Å²) < 4.78 is 5.16. The van der Waals surface area contributed by atoms with Crippen molar-refractivity contribution in [3.05, 3.63) is 35.4 Å². The van der Waals surface area contributed by atoms with Gasteiger partial charge in [-0.05, 0) is 36.3 Å². The van der Waals surface area contributed by atoms with Crippen LogP contribution in [-0.2, 0) is 21.4 Å². The number of aryl methyl sites for hydroxylation is 1. The molecule has 0 radical (unpaired) electrons. The zero-order valence-electron chi connectivity index (χ0n) is 13.3. The SMILES string of the molecule is COC[C@H](C)CN(C)C(=O)[C@H]1C[C@]12CCc1ccccc12. The van der Waals surface area contributed by atoms with Crippen molar-refractivity contribution >= 4 is 5.91 Å². The Hall–Kier alpha value is -1.35. The van der Waals surface area contributed by atoms with Crippen LogP contribution < -0.4 is 0 Å². The van der Waals surface area contributed by atoms with Gasteiger partial charge in [-0.15, -0.1) is 0 Å². The molecule has 3 heteroatoms. The number of ether oxygens (including phenoxy) is 1. The largest absolute Gasteiger partial charge is 0.384 e. The van der Waals surface area contributed by atoms with Crippen LogP contribution in [0.3, 0.4) is 0 Å². The first-order chi connectivity index (χ1) is 10.1. The molecule has 1 spiro atoms. The Bertz CT molecular complexity index is 542. The quantitative estimate of drug-likeness (QED) is 0.833. The highest BCUT2D eigenvalue weighted by molar-refractivity contribution is 5.84. The van der Waals surface area contributed by atoms with E-state index in [4.69, 9.17) is 4.74 Å². The van der Waals surface area contributed by atoms with Gasteiger partial charge in [-0.2, -0.15) is 0 Å². The highest BCUT2D eigenvalue weighted by atomic mass is 16.5. The minimum Gasteiger partial charge on any atom is -0.384 e. The van der Waals surface area contributed by atoms with Crippen molar-refractivity contribution in [3.63, 3.8) is 0 Å². The van der Waals surface area contributed by atoms with Crippen molar-refractivity contribution in [2.45, 2.75) is 31.6 Å². The lowest BCUT2D eigenvalue weighted by molar-refractivity contribution is -0.132. The van der Waals surface area contributed by atoms with E-state index >= 15 is 0 Å². The van der Waals surface area contributed by atoms with Gasteiger partial charge in [-0.3, -0.25) is 4.79 Å². The second-order valence-electron chi connectivity index (χ2n) is 6.85. The van der Waals surface area contributed by atoms with Crippen molar-refractivity contribution in [1.29, 1.82) is 0 Å². The van der Waals surface area contributed by atoms with Gasteiger partial charge in [-0.25, -0.2) is 0 Å². The van der Waals surface area contributed by atoms with Gasteiger partial charge in [0.05, 0.1) is 6.61 Å². The van der Waals surface area contributed by atoms with Gasteiger partial charge in [-0.1, -0.05) is 31.2 Å². The molecule has 0 saturated heterocycles. The second kappa shape index (κ2) is 5.45. The van der Waals surface area contributed by atoms with Crippen LogP contribution >= 0.6 is 0 Å². The van der Waals surface area contributed by atoms with Gasteiger partial charge in [0.25, 0.3) is 0 Å². The topological polar surface area (TPSA) is 29.5 Å². The Kier molecular flexibility index (Phi) is 3.78. The molecule has 114 valence electrons. The third kappa shape index (κ3) is 2.48. The smallest absolute Gasteiger partial charge is 0.226 e. The van der Waals surface area contributed by atoms with Crippen LogP contribution in [0.5, 0.6) is 0 Å². The molecule has 0 aliphatic heterocycles. The average molecular weight is 287 g/mol. The molecule has 0 aromatic heterocycles. The molecule has 2 aliphatic carbocycles. The van der Waals surface area contributed by atoms with Crippen LogP contribution in [0.2, 0.25) is 0 Å². The first kappa shape index (κ1) is 14.6. The molecule has 1 saturated carbocycles. The third-order valence-electron chi connectivity index (χ3n) is 5.18. The van der Waals surface area contributed by atoms with Crippen molar-refractivity contribution < 1.29 is 9.53 Å². The average Bonchev–Trinajstić information content (AvgIpc) is 3.08. The van der Waals surface area contributed by atoms with E-state index in [0.29, 0.717) is 18.4 Å². The molecule has 0 bridgehead atoms. The van der Waals surface area contributed by atoms with Crippen LogP contribution in [-0.4, -0.2) is 38.1 Å². The number of carbonyl (C=O) groups excluding carboxylic acids is 1. The molecule has 3 nitrogen and oxygen atoms in total. The normalized spacial score (nSPS) is 27.5. The van der Waals surface area contributed by atoms with Crippen LogP contribution in [0.1, 0.15) is 30.9 Å². The Balaban J connectivity index is 1.67. The molecule has 2 aliphatic rings. The fourth-order valence-corrected chi connectivity index (χ4v) is 4.08. The Morgan fingerprint density at radius 2 is 2.24 bits per heavy atom. The number of fused-ring (bicyclic) bond motifs is 2. The molecule has 0 heterocycles. The molecule has 0 unspecified atom stereocenters. The molecule has 1 aromatic carbocycles. The summed E-state index contributed by atoms with van der Waals surface area (Å²) in [6.45, 7) is 3.61. The predicted octanol–water partition coefficient (Wildman–Crippen LogP) is 2.63. The molecule has 3 atom stereocenters. The van der Waals surface area contributed by atoms with E-state index in [0.717, 1.165) is 25.8 Å². The molecular weight excluding hydrogens is 262 g/mol. The van der Waals surface area contributed by atoms with E-state index < -0.39 is 0 Å². The van der Waals surface area contributed by atoms with E-state index in [1.54, 1.807) is 7.11 Å². The summed E-state index contributed by atoms with van der Waals surface area (Å²) in [5.41, 5.74) is 3.04. The summed E-state index contributed by atoms with van der Waals surface area (Å²) in [5, 5.41) is 0. The lowest BCUT2D eigenvalue weighted by Gasteiger charge is -2.22.